The highest BCUT2D eigenvalue weighted by molar-refractivity contribution is 7.08. The summed E-state index contributed by atoms with van der Waals surface area (Å²) in [4.78, 5) is 95.9. The number of unbranched alkanes of at least 4 members (excludes halogenated alkanes) is 1. The van der Waals surface area contributed by atoms with Crippen molar-refractivity contribution in [3.63, 3.8) is 0 Å². The van der Waals surface area contributed by atoms with Gasteiger partial charge < -0.3 is 35.8 Å². The zero-order chi connectivity index (χ0) is 38.6. The van der Waals surface area contributed by atoms with Crippen molar-refractivity contribution >= 4 is 52.7 Å². The van der Waals surface area contributed by atoms with Gasteiger partial charge in [0.25, 0.3) is 5.91 Å². The highest BCUT2D eigenvalue weighted by Gasteiger charge is 2.70. The molecule has 51 heavy (non-hydrogen) atoms. The molecule has 14 nitrogen and oxygen atoms in total. The predicted octanol–water partition coefficient (Wildman–Crippen LogP) is 2.78. The van der Waals surface area contributed by atoms with Crippen LogP contribution in [0.4, 0.5) is 4.79 Å². The van der Waals surface area contributed by atoms with E-state index in [1.54, 1.807) is 51.7 Å². The summed E-state index contributed by atoms with van der Waals surface area (Å²) in [6.07, 6.45) is 0.623. The lowest BCUT2D eigenvalue weighted by atomic mass is 9.85. The van der Waals surface area contributed by atoms with Crippen molar-refractivity contribution in [1.29, 1.82) is 0 Å². The second-order valence-electron chi connectivity index (χ2n) is 16.4. The van der Waals surface area contributed by atoms with Crippen LogP contribution in [-0.4, -0.2) is 102 Å². The smallest absolute Gasteiger partial charge is 0.408 e. The number of rotatable bonds is 14. The first-order valence-electron chi connectivity index (χ1n) is 17.5. The van der Waals surface area contributed by atoms with Crippen molar-refractivity contribution in [1.82, 2.24) is 31.1 Å². The first kappa shape index (κ1) is 41.4. The number of Topliss-reactive ketones (excluding diaryl/α,β-unsaturated/α-hetero) is 1. The van der Waals surface area contributed by atoms with Crippen molar-refractivity contribution in [3.05, 3.63) is 22.4 Å². The number of nitrogens with zero attached hydrogens (tertiary/aromatic N) is 2. The molecule has 6 amide bonds. The number of alkyl carbamates (subject to hydrolysis) is 1. The van der Waals surface area contributed by atoms with Crippen LogP contribution in [0, 0.1) is 22.7 Å². The van der Waals surface area contributed by atoms with Crippen molar-refractivity contribution in [2.24, 2.45) is 22.7 Å². The van der Waals surface area contributed by atoms with Crippen LogP contribution in [-0.2, 0) is 33.5 Å². The fraction of sp³-hybridized carbons (Fsp3) is 0.694. The number of thiophene rings is 1. The van der Waals surface area contributed by atoms with Crippen LogP contribution in [0.1, 0.15) is 93.2 Å². The van der Waals surface area contributed by atoms with Gasteiger partial charge in [0.1, 0.15) is 23.7 Å². The first-order valence-corrected chi connectivity index (χ1v) is 18.4. The van der Waals surface area contributed by atoms with E-state index in [0.29, 0.717) is 24.9 Å². The molecule has 0 radical (unpaired) electrons. The number of ether oxygens (including phenoxy) is 1. The van der Waals surface area contributed by atoms with Gasteiger partial charge in [-0.25, -0.2) is 4.79 Å². The summed E-state index contributed by atoms with van der Waals surface area (Å²) in [5, 5.41) is 13.9. The van der Waals surface area contributed by atoms with E-state index in [1.807, 2.05) is 41.5 Å². The summed E-state index contributed by atoms with van der Waals surface area (Å²) in [5.74, 6) is -4.18. The maximum atomic E-state index is 14.1. The van der Waals surface area contributed by atoms with Gasteiger partial charge in [-0.05, 0) is 72.2 Å². The monoisotopic (exact) mass is 732 g/mol. The Labute approximate surface area is 305 Å². The Kier molecular flexibility index (Phi) is 13.1. The second-order valence-corrected chi connectivity index (χ2v) is 17.2. The summed E-state index contributed by atoms with van der Waals surface area (Å²) >= 11 is 1.37. The van der Waals surface area contributed by atoms with Gasteiger partial charge in [-0.3, -0.25) is 28.8 Å². The SMILES string of the molecule is CCCCC(NC(=O)[C@@H]1C2C(CN1C(=O)C(NC(=O)OC(C)(C)C)C(C)(C)C)C2(C)C)C(=O)C(=O)NCC(=O)N[C@H](C(=O)N(C)C)c1ccsc1. The average molecular weight is 733 g/mol. The quantitative estimate of drug-likeness (QED) is 0.211. The van der Waals surface area contributed by atoms with E-state index in [4.69, 9.17) is 4.74 Å². The van der Waals surface area contributed by atoms with Crippen LogP contribution in [0.5, 0.6) is 0 Å². The lowest BCUT2D eigenvalue weighted by Gasteiger charge is -2.38. The van der Waals surface area contributed by atoms with Gasteiger partial charge >= 0.3 is 6.09 Å². The first-order chi connectivity index (χ1) is 23.5. The third-order valence-electron chi connectivity index (χ3n) is 9.52. The van der Waals surface area contributed by atoms with Crippen molar-refractivity contribution in [2.75, 3.05) is 27.2 Å². The molecule has 0 spiro atoms. The largest absolute Gasteiger partial charge is 0.444 e. The third-order valence-corrected chi connectivity index (χ3v) is 10.2. The van der Waals surface area contributed by atoms with Gasteiger partial charge in [0.15, 0.2) is 0 Å². The maximum Gasteiger partial charge on any atom is 0.408 e. The Morgan fingerprint density at radius 3 is 2.20 bits per heavy atom. The van der Waals surface area contributed by atoms with E-state index in [0.717, 1.165) is 0 Å². The standard InChI is InChI=1S/C36H56N6O8S/c1-12-13-14-22(27(44)30(46)37-17-23(43)39-25(31(47)41(10)11)20-15-16-51-19-20)38-29(45)26-24-21(36(24,8)9)18-42(26)32(48)28(34(2,3)4)40-33(49)50-35(5,6)7/h15-16,19,21-22,24-26,28H,12-14,17-18H2,1-11H3,(H,37,46)(H,38,45)(H,39,43)(H,40,49)/t21?,22?,24?,25-,26-,28?/m0/s1. The van der Waals surface area contributed by atoms with Crippen LogP contribution >= 0.6 is 11.3 Å². The molecular formula is C36H56N6O8S. The molecule has 1 aromatic rings. The predicted molar refractivity (Wildman–Crippen MR) is 192 cm³/mol. The van der Waals surface area contributed by atoms with Crippen LogP contribution in [0.3, 0.4) is 0 Å². The van der Waals surface area contributed by atoms with Crippen molar-refractivity contribution in [3.8, 4) is 0 Å². The van der Waals surface area contributed by atoms with Crippen LogP contribution in [0.25, 0.3) is 0 Å². The average Bonchev–Trinajstić information content (AvgIpc) is 3.46. The van der Waals surface area contributed by atoms with E-state index in [-0.39, 0.29) is 29.6 Å². The van der Waals surface area contributed by atoms with Gasteiger partial charge in [-0.1, -0.05) is 54.4 Å². The fourth-order valence-electron chi connectivity index (χ4n) is 6.59. The van der Waals surface area contributed by atoms with Gasteiger partial charge in [0.2, 0.25) is 29.4 Å². The summed E-state index contributed by atoms with van der Waals surface area (Å²) in [5.41, 5.74) is -1.17. The van der Waals surface area contributed by atoms with Crippen LogP contribution < -0.4 is 21.3 Å². The van der Waals surface area contributed by atoms with E-state index in [1.165, 1.54) is 21.1 Å². The number of carbonyl (C=O) groups excluding carboxylic acids is 7. The third kappa shape index (κ3) is 10.3. The molecular weight excluding hydrogens is 676 g/mol. The number of amides is 6. The normalized spacial score (nSPS) is 20.9. The topological polar surface area (TPSA) is 183 Å². The minimum atomic E-state index is -1.20. The molecule has 3 rings (SSSR count). The molecule has 2 fully saturated rings. The van der Waals surface area contributed by atoms with Crippen LogP contribution in [0.15, 0.2) is 16.8 Å². The molecule has 0 aromatic carbocycles. The number of piperidine rings is 1. The van der Waals surface area contributed by atoms with E-state index in [2.05, 4.69) is 21.3 Å². The molecule has 6 atom stereocenters. The van der Waals surface area contributed by atoms with Crippen molar-refractivity contribution < 1.29 is 38.3 Å². The number of carbonyl (C=O) groups is 7. The number of likely N-dealkylation sites (N-methyl/N-ethyl adjacent to an activating group) is 1. The summed E-state index contributed by atoms with van der Waals surface area (Å²) in [7, 11) is 3.13. The van der Waals surface area contributed by atoms with Crippen LogP contribution in [0.2, 0.25) is 0 Å². The Hall–Kier alpha value is -4.01. The Morgan fingerprint density at radius 2 is 1.67 bits per heavy atom. The molecule has 1 saturated heterocycles. The van der Waals surface area contributed by atoms with Gasteiger partial charge in [-0.15, -0.1) is 0 Å². The lowest BCUT2D eigenvalue weighted by molar-refractivity contribution is -0.145. The Balaban J connectivity index is 1.75. The Morgan fingerprint density at radius 1 is 1.02 bits per heavy atom. The number of likely N-dealkylation sites (tertiary alicyclic amines) is 1. The van der Waals surface area contributed by atoms with E-state index < -0.39 is 77.2 Å². The fourth-order valence-corrected chi connectivity index (χ4v) is 7.28. The highest BCUT2D eigenvalue weighted by Crippen LogP contribution is 2.65. The van der Waals surface area contributed by atoms with E-state index in [9.17, 15) is 33.6 Å². The Bertz CT molecular complexity index is 1480. The maximum absolute atomic E-state index is 14.1. The molecule has 0 bridgehead atoms. The molecule has 15 heteroatoms. The minimum absolute atomic E-state index is 0.0308. The number of hydrogen-bond donors (Lipinski definition) is 4. The molecule has 4 N–H and O–H groups in total. The molecule has 2 aliphatic rings. The molecule has 4 unspecified atom stereocenters. The zero-order valence-corrected chi connectivity index (χ0v) is 32.6. The molecule has 2 heterocycles. The van der Waals surface area contributed by atoms with Gasteiger partial charge in [0, 0.05) is 20.6 Å². The minimum Gasteiger partial charge on any atom is -0.444 e. The lowest BCUT2D eigenvalue weighted by Crippen LogP contribution is -2.60. The van der Waals surface area contributed by atoms with E-state index >= 15 is 0 Å². The number of nitrogens with one attached hydrogen (secondary N) is 4. The molecule has 1 saturated carbocycles. The second kappa shape index (κ2) is 16.1. The number of ketones is 1. The molecule has 284 valence electrons. The van der Waals surface area contributed by atoms with Gasteiger partial charge in [0.05, 0.1) is 12.6 Å². The summed E-state index contributed by atoms with van der Waals surface area (Å²) in [6.45, 7) is 16.3. The zero-order valence-electron chi connectivity index (χ0n) is 31.8. The number of hydrogen-bond acceptors (Lipinski definition) is 9. The highest BCUT2D eigenvalue weighted by atomic mass is 32.1. The molecule has 1 aliphatic carbocycles. The summed E-state index contributed by atoms with van der Waals surface area (Å²) < 4.78 is 5.43. The summed E-state index contributed by atoms with van der Waals surface area (Å²) in [6, 6.07) is -2.40. The van der Waals surface area contributed by atoms with Crippen molar-refractivity contribution in [2.45, 2.75) is 111 Å². The molecule has 1 aromatic heterocycles. The van der Waals surface area contributed by atoms with Gasteiger partial charge in [-0.2, -0.15) is 11.3 Å². The number of fused-ring (bicyclic) bond motifs is 1. The molecule has 1 aliphatic heterocycles.